The van der Waals surface area contributed by atoms with Crippen LogP contribution in [-0.4, -0.2) is 37.1 Å². The lowest BCUT2D eigenvalue weighted by atomic mass is 10.2. The van der Waals surface area contributed by atoms with Crippen LogP contribution in [-0.2, 0) is 4.79 Å². The number of benzene rings is 1. The predicted octanol–water partition coefficient (Wildman–Crippen LogP) is 4.12. The number of hydrogen-bond acceptors (Lipinski definition) is 5. The van der Waals surface area contributed by atoms with Gasteiger partial charge in [0.25, 0.3) is 0 Å². The summed E-state index contributed by atoms with van der Waals surface area (Å²) < 4.78 is 82.9. The largest absolute Gasteiger partial charge is 0.483 e. The summed E-state index contributed by atoms with van der Waals surface area (Å²) in [5, 5.41) is 9.11. The number of ether oxygens (including phenoxy) is 2. The van der Waals surface area contributed by atoms with Crippen molar-refractivity contribution in [2.45, 2.75) is 24.2 Å². The van der Waals surface area contributed by atoms with Crippen molar-refractivity contribution in [2.24, 2.45) is 0 Å². The fourth-order valence-electron chi connectivity index (χ4n) is 1.52. The third-order valence-electron chi connectivity index (χ3n) is 2.40. The molecule has 25 heavy (non-hydrogen) atoms. The molecule has 0 saturated carbocycles. The first kappa shape index (κ1) is 21.0. The highest BCUT2D eigenvalue weighted by molar-refractivity contribution is 8.00. The number of carbonyl (C=O) groups excluding carboxylic acids is 1. The minimum absolute atomic E-state index is 0.00959. The number of nitriles is 1. The Labute approximate surface area is 142 Å². The van der Waals surface area contributed by atoms with Crippen molar-refractivity contribution in [3.8, 4) is 17.6 Å². The topological polar surface area (TPSA) is 59.3 Å². The number of alkyl halides is 6. The molecule has 0 aliphatic rings. The summed E-state index contributed by atoms with van der Waals surface area (Å²) >= 11 is 0.797. The number of carbonyl (C=O) groups is 1. The molecule has 0 atom stereocenters. The zero-order chi connectivity index (χ0) is 19.3. The molecule has 0 aliphatic heterocycles. The monoisotopic (exact) mass is 387 g/mol. The summed E-state index contributed by atoms with van der Waals surface area (Å²) in [5.41, 5.74) is -0.609. The van der Waals surface area contributed by atoms with Crippen LogP contribution in [0.1, 0.15) is 12.5 Å². The Hall–Kier alpha value is -2.09. The lowest BCUT2D eigenvalue weighted by Crippen LogP contribution is -2.21. The highest BCUT2D eigenvalue weighted by Crippen LogP contribution is 2.39. The Balaban J connectivity index is 3.21. The van der Waals surface area contributed by atoms with E-state index in [1.807, 2.05) is 0 Å². The molecule has 1 aromatic rings. The molecule has 0 N–H and O–H groups in total. The van der Waals surface area contributed by atoms with E-state index in [9.17, 15) is 31.1 Å². The van der Waals surface area contributed by atoms with Gasteiger partial charge in [0.1, 0.15) is 23.2 Å². The van der Waals surface area contributed by atoms with E-state index in [1.54, 1.807) is 0 Å². The Morgan fingerprint density at radius 3 is 2.16 bits per heavy atom. The molecule has 0 unspecified atom stereocenters. The average molecular weight is 387 g/mol. The van der Waals surface area contributed by atoms with Crippen LogP contribution in [0, 0.1) is 11.3 Å². The van der Waals surface area contributed by atoms with E-state index in [2.05, 4.69) is 9.47 Å². The summed E-state index contributed by atoms with van der Waals surface area (Å²) in [5.74, 6) is -1.55. The van der Waals surface area contributed by atoms with Gasteiger partial charge in [0.05, 0.1) is 10.6 Å². The smallest absolute Gasteiger partial charge is 0.422 e. The van der Waals surface area contributed by atoms with Crippen molar-refractivity contribution < 1.29 is 40.6 Å². The van der Waals surface area contributed by atoms with E-state index < -0.39 is 42.6 Å². The number of ketones is 1. The van der Waals surface area contributed by atoms with Gasteiger partial charge in [-0.05, 0) is 19.1 Å². The predicted molar refractivity (Wildman–Crippen MR) is 75.7 cm³/mol. The fraction of sp³-hybridized carbons (Fsp3) is 0.429. The molecule has 0 radical (unpaired) electrons. The van der Waals surface area contributed by atoms with Crippen LogP contribution >= 0.6 is 11.8 Å². The number of halogens is 6. The van der Waals surface area contributed by atoms with Crippen molar-refractivity contribution >= 4 is 17.5 Å². The molecular formula is C14H11F6NO3S. The Bertz CT molecular complexity index is 666. The van der Waals surface area contributed by atoms with E-state index in [0.29, 0.717) is 0 Å². The maximum Gasteiger partial charge on any atom is 0.422 e. The first-order valence-corrected chi connectivity index (χ1v) is 7.50. The van der Waals surface area contributed by atoms with E-state index in [1.165, 1.54) is 13.0 Å². The molecular weight excluding hydrogens is 376 g/mol. The normalized spacial score (nSPS) is 11.8. The number of nitrogens with zero attached hydrogens (tertiary/aromatic N) is 1. The summed E-state index contributed by atoms with van der Waals surface area (Å²) in [4.78, 5) is 11.0. The highest BCUT2D eigenvalue weighted by atomic mass is 32.2. The maximum atomic E-state index is 12.4. The van der Waals surface area contributed by atoms with Gasteiger partial charge in [-0.25, -0.2) is 0 Å². The van der Waals surface area contributed by atoms with Crippen LogP contribution in [0.25, 0.3) is 0 Å². The maximum absolute atomic E-state index is 12.4. The van der Waals surface area contributed by atoms with E-state index in [0.717, 1.165) is 23.9 Å². The first-order chi connectivity index (χ1) is 11.4. The van der Waals surface area contributed by atoms with Crippen molar-refractivity contribution in [2.75, 3.05) is 19.0 Å². The van der Waals surface area contributed by atoms with Gasteiger partial charge in [0.2, 0.25) is 0 Å². The number of rotatable bonds is 7. The van der Waals surface area contributed by atoms with Crippen LogP contribution in [0.5, 0.6) is 11.5 Å². The van der Waals surface area contributed by atoms with E-state index >= 15 is 0 Å². The summed E-state index contributed by atoms with van der Waals surface area (Å²) in [6.07, 6.45) is -9.42. The van der Waals surface area contributed by atoms with Gasteiger partial charge in [-0.3, -0.25) is 4.79 Å². The number of Topliss-reactive ketones (excluding diaryl/α,β-unsaturated/α-hetero) is 1. The van der Waals surface area contributed by atoms with Crippen molar-refractivity contribution in [1.29, 1.82) is 5.26 Å². The van der Waals surface area contributed by atoms with Crippen molar-refractivity contribution in [1.82, 2.24) is 0 Å². The SMILES string of the molecule is CC(=O)CSc1ccc(OCC(F)(F)F)c(C#N)c1OCC(F)(F)F. The summed E-state index contributed by atoms with van der Waals surface area (Å²) in [6, 6.07) is 3.62. The summed E-state index contributed by atoms with van der Waals surface area (Å²) in [7, 11) is 0. The van der Waals surface area contributed by atoms with Gasteiger partial charge in [0, 0.05) is 0 Å². The van der Waals surface area contributed by atoms with Crippen molar-refractivity contribution in [3.63, 3.8) is 0 Å². The molecule has 0 bridgehead atoms. The zero-order valence-electron chi connectivity index (χ0n) is 12.6. The van der Waals surface area contributed by atoms with Gasteiger partial charge in [-0.1, -0.05) is 0 Å². The minimum Gasteiger partial charge on any atom is -0.483 e. The van der Waals surface area contributed by atoms with Gasteiger partial charge in [-0.2, -0.15) is 31.6 Å². The molecule has 4 nitrogen and oxygen atoms in total. The van der Waals surface area contributed by atoms with Crippen LogP contribution in [0.2, 0.25) is 0 Å². The molecule has 138 valence electrons. The molecule has 1 aromatic carbocycles. The minimum atomic E-state index is -4.72. The second-order valence-corrected chi connectivity index (χ2v) is 5.69. The van der Waals surface area contributed by atoms with Crippen LogP contribution < -0.4 is 9.47 Å². The first-order valence-electron chi connectivity index (χ1n) is 6.51. The van der Waals surface area contributed by atoms with Gasteiger partial charge in [0.15, 0.2) is 19.0 Å². The molecule has 0 fully saturated rings. The van der Waals surface area contributed by atoms with E-state index in [4.69, 9.17) is 5.26 Å². The van der Waals surface area contributed by atoms with Gasteiger partial charge in [-0.15, -0.1) is 11.8 Å². The Morgan fingerprint density at radius 1 is 1.12 bits per heavy atom. The van der Waals surface area contributed by atoms with Gasteiger partial charge >= 0.3 is 12.4 Å². The highest BCUT2D eigenvalue weighted by Gasteiger charge is 2.32. The van der Waals surface area contributed by atoms with Crippen LogP contribution in [0.15, 0.2) is 17.0 Å². The Morgan fingerprint density at radius 2 is 1.68 bits per heavy atom. The Kier molecular flexibility index (Phi) is 6.98. The molecule has 0 spiro atoms. The van der Waals surface area contributed by atoms with Crippen molar-refractivity contribution in [3.05, 3.63) is 17.7 Å². The summed E-state index contributed by atoms with van der Waals surface area (Å²) in [6.45, 7) is -2.23. The fourth-order valence-corrected chi connectivity index (χ4v) is 2.34. The molecule has 0 amide bonds. The second-order valence-electron chi connectivity index (χ2n) is 4.68. The van der Waals surface area contributed by atoms with Crippen LogP contribution in [0.4, 0.5) is 26.3 Å². The third kappa shape index (κ3) is 7.55. The number of thioether (sulfide) groups is 1. The molecule has 1 rings (SSSR count). The van der Waals surface area contributed by atoms with Crippen LogP contribution in [0.3, 0.4) is 0 Å². The van der Waals surface area contributed by atoms with Gasteiger partial charge < -0.3 is 9.47 Å². The van der Waals surface area contributed by atoms with E-state index in [-0.39, 0.29) is 16.4 Å². The third-order valence-corrected chi connectivity index (χ3v) is 3.58. The molecule has 0 saturated heterocycles. The lowest BCUT2D eigenvalue weighted by molar-refractivity contribution is -0.154. The molecule has 0 aliphatic carbocycles. The second kappa shape index (κ2) is 8.33. The molecule has 0 aromatic heterocycles. The molecule has 0 heterocycles. The quantitative estimate of drug-likeness (QED) is 0.520. The lowest BCUT2D eigenvalue weighted by Gasteiger charge is -2.17. The molecule has 11 heteroatoms. The average Bonchev–Trinajstić information content (AvgIpc) is 2.47. The number of hydrogen-bond donors (Lipinski definition) is 0. The standard InChI is InChI=1S/C14H11F6NO3S/c1-8(22)5-25-11-3-2-10(23-6-13(15,16)17)9(4-21)12(11)24-7-14(18,19)20/h2-3H,5-7H2,1H3. The zero-order valence-corrected chi connectivity index (χ0v) is 13.4.